The van der Waals surface area contributed by atoms with Crippen molar-refractivity contribution >= 4 is 51.9 Å². The fourth-order valence-electron chi connectivity index (χ4n) is 3.55. The van der Waals surface area contributed by atoms with Crippen LogP contribution in [0.15, 0.2) is 29.3 Å². The molecule has 1 aliphatic heterocycles. The third-order valence-corrected chi connectivity index (χ3v) is 6.95. The van der Waals surface area contributed by atoms with Gasteiger partial charge in [0.15, 0.2) is 5.17 Å². The first-order valence-electron chi connectivity index (χ1n) is 11.0. The predicted molar refractivity (Wildman–Crippen MR) is 135 cm³/mol. The summed E-state index contributed by atoms with van der Waals surface area (Å²) in [6.45, 7) is 6.52. The highest BCUT2D eigenvalue weighted by Gasteiger charge is 2.42. The van der Waals surface area contributed by atoms with E-state index in [-0.39, 0.29) is 40.1 Å². The van der Waals surface area contributed by atoms with E-state index >= 15 is 0 Å². The number of nitrogens with one attached hydrogen (secondary N) is 1. The monoisotopic (exact) mass is 492 g/mol. The first-order valence-corrected chi connectivity index (χ1v) is 12.3. The first kappa shape index (κ1) is 26.8. The van der Waals surface area contributed by atoms with Crippen LogP contribution in [0.5, 0.6) is 0 Å². The molecule has 0 aromatic heterocycles. The van der Waals surface area contributed by atoms with Crippen LogP contribution in [0.1, 0.15) is 62.4 Å². The second-order valence-electron chi connectivity index (χ2n) is 8.10. The van der Waals surface area contributed by atoms with Gasteiger partial charge in [0.05, 0.1) is 7.11 Å². The van der Waals surface area contributed by atoms with E-state index < -0.39 is 0 Å². The van der Waals surface area contributed by atoms with Gasteiger partial charge in [0.25, 0.3) is 5.91 Å². The minimum Gasteiger partial charge on any atom is -0.469 e. The molecule has 0 radical (unpaired) electrons. The van der Waals surface area contributed by atoms with E-state index in [1.54, 1.807) is 24.3 Å². The van der Waals surface area contributed by atoms with Gasteiger partial charge in [0, 0.05) is 36.2 Å². The van der Waals surface area contributed by atoms with E-state index in [1.165, 1.54) is 18.9 Å². The number of esters is 1. The number of amides is 2. The highest BCUT2D eigenvalue weighted by atomic mass is 32.2. The molecule has 2 rings (SSSR count). The zero-order valence-electron chi connectivity index (χ0n) is 19.5. The lowest BCUT2D eigenvalue weighted by Gasteiger charge is -2.28. The number of carbonyl (C=O) groups is 3. The Hall–Kier alpha value is -2.46. The summed E-state index contributed by atoms with van der Waals surface area (Å²) in [7, 11) is 1.38. The number of hydrogen-bond donors (Lipinski definition) is 2. The van der Waals surface area contributed by atoms with Crippen molar-refractivity contribution in [2.75, 3.05) is 13.7 Å². The smallest absolute Gasteiger partial charge is 0.305 e. The van der Waals surface area contributed by atoms with Crippen molar-refractivity contribution in [1.29, 1.82) is 0 Å². The number of nitrogens with zero attached hydrogens (tertiary/aromatic N) is 2. The molecule has 0 spiro atoms. The van der Waals surface area contributed by atoms with Gasteiger partial charge in [0.1, 0.15) is 10.2 Å². The number of ether oxygens (including phenoxy) is 1. The summed E-state index contributed by atoms with van der Waals surface area (Å²) in [5.41, 5.74) is 6.73. The lowest BCUT2D eigenvalue weighted by atomic mass is 10.1. The van der Waals surface area contributed by atoms with Gasteiger partial charge < -0.3 is 20.7 Å². The SMILES string of the molecule is COC(=O)CCCCCNC(=O)C1SC(=NC(=O)c2ccc(C(N)=S)cc2)N(C(C)C)C1C. The minimum atomic E-state index is -0.378. The summed E-state index contributed by atoms with van der Waals surface area (Å²) in [6.07, 6.45) is 2.73. The average molecular weight is 493 g/mol. The summed E-state index contributed by atoms with van der Waals surface area (Å²) in [5.74, 6) is -0.676. The van der Waals surface area contributed by atoms with Crippen molar-refractivity contribution in [2.45, 2.75) is 63.8 Å². The Morgan fingerprint density at radius 3 is 2.39 bits per heavy atom. The van der Waals surface area contributed by atoms with Gasteiger partial charge in [-0.25, -0.2) is 0 Å². The average Bonchev–Trinajstić information content (AvgIpc) is 3.11. The van der Waals surface area contributed by atoms with Crippen molar-refractivity contribution in [2.24, 2.45) is 10.7 Å². The van der Waals surface area contributed by atoms with Crippen LogP contribution in [0, 0.1) is 0 Å². The topological polar surface area (TPSA) is 114 Å². The Morgan fingerprint density at radius 1 is 1.18 bits per heavy atom. The maximum atomic E-state index is 12.8. The largest absolute Gasteiger partial charge is 0.469 e. The molecule has 1 aromatic rings. The van der Waals surface area contributed by atoms with Crippen LogP contribution >= 0.6 is 24.0 Å². The molecule has 10 heteroatoms. The number of carbonyl (C=O) groups excluding carboxylic acids is 3. The summed E-state index contributed by atoms with van der Waals surface area (Å²) in [5, 5.41) is 3.14. The standard InChI is InChI=1S/C23H32N4O4S2/c1-14(2)27-15(3)19(22(30)25-13-7-5-6-8-18(28)31-4)33-23(27)26-21(29)17-11-9-16(10-12-17)20(24)32/h9-12,14-15,19H,5-8,13H2,1-4H3,(H2,24,32)(H,25,30). The van der Waals surface area contributed by atoms with Crippen LogP contribution in [0.4, 0.5) is 0 Å². The lowest BCUT2D eigenvalue weighted by molar-refractivity contribution is -0.140. The molecule has 2 amide bonds. The minimum absolute atomic E-state index is 0.0761. The Bertz CT molecular complexity index is 902. The van der Waals surface area contributed by atoms with E-state index in [0.29, 0.717) is 29.3 Å². The van der Waals surface area contributed by atoms with E-state index in [9.17, 15) is 14.4 Å². The van der Waals surface area contributed by atoms with Crippen LogP contribution in [0.3, 0.4) is 0 Å². The quantitative estimate of drug-likeness (QED) is 0.291. The molecular formula is C23H32N4O4S2. The van der Waals surface area contributed by atoms with Crippen LogP contribution in [-0.2, 0) is 14.3 Å². The van der Waals surface area contributed by atoms with Crippen molar-refractivity contribution in [3.63, 3.8) is 0 Å². The number of rotatable bonds is 10. The summed E-state index contributed by atoms with van der Waals surface area (Å²) < 4.78 is 4.62. The Balaban J connectivity index is 1.99. The zero-order valence-corrected chi connectivity index (χ0v) is 21.1. The number of thioether (sulfide) groups is 1. The van der Waals surface area contributed by atoms with Gasteiger partial charge >= 0.3 is 5.97 Å². The first-order chi connectivity index (χ1) is 15.6. The number of amidine groups is 1. The molecule has 0 aliphatic carbocycles. The van der Waals surface area contributed by atoms with E-state index in [0.717, 1.165) is 19.3 Å². The summed E-state index contributed by atoms with van der Waals surface area (Å²) >= 11 is 6.26. The maximum Gasteiger partial charge on any atom is 0.305 e. The van der Waals surface area contributed by atoms with Gasteiger partial charge in [-0.2, -0.15) is 4.99 Å². The molecule has 3 N–H and O–H groups in total. The molecule has 180 valence electrons. The number of nitrogens with two attached hydrogens (primary N) is 1. The van der Waals surface area contributed by atoms with Crippen LogP contribution in [0.25, 0.3) is 0 Å². The fraction of sp³-hybridized carbons (Fsp3) is 0.522. The van der Waals surface area contributed by atoms with Gasteiger partial charge in [-0.15, -0.1) is 0 Å². The third kappa shape index (κ3) is 7.53. The number of hydrogen-bond acceptors (Lipinski definition) is 6. The van der Waals surface area contributed by atoms with Crippen molar-refractivity contribution in [3.8, 4) is 0 Å². The third-order valence-electron chi connectivity index (χ3n) is 5.34. The number of thiocarbonyl (C=S) groups is 1. The molecule has 2 unspecified atom stereocenters. The highest BCUT2D eigenvalue weighted by molar-refractivity contribution is 8.15. The molecule has 1 heterocycles. The zero-order chi connectivity index (χ0) is 24.5. The molecule has 2 atom stereocenters. The molecule has 1 fully saturated rings. The molecule has 1 aromatic carbocycles. The normalized spacial score (nSPS) is 19.1. The molecule has 0 bridgehead atoms. The van der Waals surface area contributed by atoms with Crippen molar-refractivity contribution in [3.05, 3.63) is 35.4 Å². The van der Waals surface area contributed by atoms with Crippen LogP contribution in [-0.4, -0.2) is 63.8 Å². The predicted octanol–water partition coefficient (Wildman–Crippen LogP) is 2.88. The number of methoxy groups -OCH3 is 1. The number of benzene rings is 1. The van der Waals surface area contributed by atoms with Crippen LogP contribution < -0.4 is 11.1 Å². The molecule has 1 aliphatic rings. The van der Waals surface area contributed by atoms with E-state index in [1.807, 2.05) is 25.7 Å². The second-order valence-corrected chi connectivity index (χ2v) is 9.65. The Morgan fingerprint density at radius 2 is 1.82 bits per heavy atom. The molecule has 8 nitrogen and oxygen atoms in total. The van der Waals surface area contributed by atoms with Gasteiger partial charge in [0.2, 0.25) is 5.91 Å². The lowest BCUT2D eigenvalue weighted by Crippen LogP contribution is -2.45. The van der Waals surface area contributed by atoms with Gasteiger partial charge in [-0.1, -0.05) is 42.5 Å². The molecular weight excluding hydrogens is 460 g/mol. The van der Waals surface area contributed by atoms with Gasteiger partial charge in [-0.3, -0.25) is 14.4 Å². The highest BCUT2D eigenvalue weighted by Crippen LogP contribution is 2.34. The van der Waals surface area contributed by atoms with Crippen molar-refractivity contribution in [1.82, 2.24) is 10.2 Å². The summed E-state index contributed by atoms with van der Waals surface area (Å²) in [4.78, 5) is 43.3. The molecule has 1 saturated heterocycles. The van der Waals surface area contributed by atoms with Crippen LogP contribution in [0.2, 0.25) is 0 Å². The van der Waals surface area contributed by atoms with Gasteiger partial charge in [-0.05, 0) is 45.7 Å². The van der Waals surface area contributed by atoms with E-state index in [2.05, 4.69) is 15.0 Å². The van der Waals surface area contributed by atoms with Crippen molar-refractivity contribution < 1.29 is 19.1 Å². The number of unbranched alkanes of at least 4 members (excludes halogenated alkanes) is 2. The molecule has 0 saturated carbocycles. The second kappa shape index (κ2) is 12.7. The molecule has 33 heavy (non-hydrogen) atoms. The Kier molecular flexibility index (Phi) is 10.3. The number of aliphatic imine (C=N–C) groups is 1. The fourth-order valence-corrected chi connectivity index (χ4v) is 5.07. The maximum absolute atomic E-state index is 12.8. The summed E-state index contributed by atoms with van der Waals surface area (Å²) in [6, 6.07) is 6.65. The Labute approximate surface area is 204 Å². The van der Waals surface area contributed by atoms with E-state index in [4.69, 9.17) is 18.0 Å².